The van der Waals surface area contributed by atoms with E-state index in [9.17, 15) is 14.9 Å². The first-order valence-corrected chi connectivity index (χ1v) is 6.19. The molecule has 0 unspecified atom stereocenters. The topological polar surface area (TPSA) is 94.6 Å². The molecule has 0 aliphatic heterocycles. The maximum absolute atomic E-state index is 12.0. The fourth-order valence-corrected chi connectivity index (χ4v) is 1.96. The number of rotatable bonds is 4. The molecule has 0 fully saturated rings. The molecule has 0 saturated carbocycles. The maximum Gasteiger partial charge on any atom is 0.273 e. The van der Waals surface area contributed by atoms with Crippen molar-refractivity contribution in [3.63, 3.8) is 0 Å². The largest absolute Gasteiger partial charge is 0.494 e. The standard InChI is InChI=1S/C12H9BrN2O5/c1-19-10-6-7(15(17)18)2-3-9(10)14-12(16)8-4-5-20-11(8)13/h2-6H,1H3,(H,14,16). The Labute approximate surface area is 121 Å². The number of benzene rings is 1. The number of nitro benzene ring substituents is 1. The number of non-ortho nitro benzene ring substituents is 1. The summed E-state index contributed by atoms with van der Waals surface area (Å²) in [5.74, 6) is -0.218. The normalized spacial score (nSPS) is 10.1. The first kappa shape index (κ1) is 14.1. The maximum atomic E-state index is 12.0. The van der Waals surface area contributed by atoms with Crippen LogP contribution in [0.4, 0.5) is 11.4 Å². The lowest BCUT2D eigenvalue weighted by Crippen LogP contribution is -2.12. The van der Waals surface area contributed by atoms with Gasteiger partial charge in [-0.15, -0.1) is 0 Å². The van der Waals surface area contributed by atoms with Crippen molar-refractivity contribution in [2.24, 2.45) is 0 Å². The lowest BCUT2D eigenvalue weighted by molar-refractivity contribution is -0.384. The summed E-state index contributed by atoms with van der Waals surface area (Å²) >= 11 is 3.10. The Morgan fingerprint density at radius 1 is 1.45 bits per heavy atom. The minimum atomic E-state index is -0.541. The van der Waals surface area contributed by atoms with E-state index in [0.717, 1.165) is 0 Å². The van der Waals surface area contributed by atoms with Gasteiger partial charge in [0.05, 0.1) is 35.6 Å². The molecular weight excluding hydrogens is 332 g/mol. The van der Waals surface area contributed by atoms with Gasteiger partial charge < -0.3 is 14.5 Å². The van der Waals surface area contributed by atoms with Gasteiger partial charge in [0.15, 0.2) is 4.67 Å². The van der Waals surface area contributed by atoms with E-state index in [1.807, 2.05) is 0 Å². The SMILES string of the molecule is COc1cc([N+](=O)[O-])ccc1NC(=O)c1ccoc1Br. The highest BCUT2D eigenvalue weighted by Gasteiger charge is 2.17. The fraction of sp³-hybridized carbons (Fsp3) is 0.0833. The van der Waals surface area contributed by atoms with Crippen LogP contribution in [0.25, 0.3) is 0 Å². The average molecular weight is 341 g/mol. The summed E-state index contributed by atoms with van der Waals surface area (Å²) in [5.41, 5.74) is 0.519. The van der Waals surface area contributed by atoms with E-state index in [1.54, 1.807) is 0 Å². The van der Waals surface area contributed by atoms with Gasteiger partial charge in [0.1, 0.15) is 5.75 Å². The number of nitrogens with one attached hydrogen (secondary N) is 1. The highest BCUT2D eigenvalue weighted by Crippen LogP contribution is 2.30. The van der Waals surface area contributed by atoms with Gasteiger partial charge in [-0.05, 0) is 28.1 Å². The molecule has 0 bridgehead atoms. The molecule has 1 amide bonds. The highest BCUT2D eigenvalue weighted by molar-refractivity contribution is 9.10. The van der Waals surface area contributed by atoms with E-state index >= 15 is 0 Å². The molecule has 1 heterocycles. The van der Waals surface area contributed by atoms with Crippen molar-refractivity contribution in [1.82, 2.24) is 0 Å². The molecule has 2 aromatic rings. The number of hydrogen-bond donors (Lipinski definition) is 1. The Balaban J connectivity index is 2.27. The van der Waals surface area contributed by atoms with E-state index in [-0.39, 0.29) is 11.4 Å². The van der Waals surface area contributed by atoms with Crippen LogP contribution in [0.2, 0.25) is 0 Å². The van der Waals surface area contributed by atoms with Crippen molar-refractivity contribution in [3.8, 4) is 5.75 Å². The smallest absolute Gasteiger partial charge is 0.273 e. The van der Waals surface area contributed by atoms with Gasteiger partial charge >= 0.3 is 0 Å². The summed E-state index contributed by atoms with van der Waals surface area (Å²) in [6, 6.07) is 5.42. The summed E-state index contributed by atoms with van der Waals surface area (Å²) in [7, 11) is 1.36. The summed E-state index contributed by atoms with van der Waals surface area (Å²) in [6.45, 7) is 0. The van der Waals surface area contributed by atoms with Crippen LogP contribution < -0.4 is 10.1 Å². The molecule has 0 saturated heterocycles. The minimum absolute atomic E-state index is 0.121. The number of anilines is 1. The van der Waals surface area contributed by atoms with E-state index in [1.165, 1.54) is 37.6 Å². The zero-order chi connectivity index (χ0) is 14.7. The summed E-state index contributed by atoms with van der Waals surface area (Å²) in [6.07, 6.45) is 1.37. The third kappa shape index (κ3) is 2.80. The number of hydrogen-bond acceptors (Lipinski definition) is 5. The van der Waals surface area contributed by atoms with E-state index < -0.39 is 10.8 Å². The van der Waals surface area contributed by atoms with Crippen molar-refractivity contribution in [3.05, 3.63) is 50.9 Å². The lowest BCUT2D eigenvalue weighted by Gasteiger charge is -2.09. The van der Waals surface area contributed by atoms with Gasteiger partial charge in [-0.25, -0.2) is 0 Å². The lowest BCUT2D eigenvalue weighted by atomic mass is 10.2. The molecule has 0 atom stereocenters. The van der Waals surface area contributed by atoms with Crippen LogP contribution in [0.1, 0.15) is 10.4 Å². The van der Waals surface area contributed by atoms with E-state index in [0.29, 0.717) is 15.9 Å². The third-order valence-corrected chi connectivity index (χ3v) is 3.12. The molecule has 0 radical (unpaired) electrons. The first-order chi connectivity index (χ1) is 9.52. The Morgan fingerprint density at radius 2 is 2.20 bits per heavy atom. The molecule has 1 aromatic heterocycles. The molecule has 0 aliphatic rings. The van der Waals surface area contributed by atoms with Crippen LogP contribution in [0.5, 0.6) is 5.75 Å². The van der Waals surface area contributed by atoms with Crippen LogP contribution in [0.3, 0.4) is 0 Å². The van der Waals surface area contributed by atoms with Crippen LogP contribution in [0, 0.1) is 10.1 Å². The zero-order valence-corrected chi connectivity index (χ0v) is 11.8. The monoisotopic (exact) mass is 340 g/mol. The Hall–Kier alpha value is -2.35. The number of nitrogens with zero attached hydrogens (tertiary/aromatic N) is 1. The number of carbonyl (C=O) groups is 1. The predicted octanol–water partition coefficient (Wildman–Crippen LogP) is 3.21. The highest BCUT2D eigenvalue weighted by atomic mass is 79.9. The molecule has 1 aromatic carbocycles. The molecule has 0 aliphatic carbocycles. The molecule has 20 heavy (non-hydrogen) atoms. The first-order valence-electron chi connectivity index (χ1n) is 5.39. The van der Waals surface area contributed by atoms with Gasteiger partial charge in [0.25, 0.3) is 11.6 Å². The van der Waals surface area contributed by atoms with Gasteiger partial charge in [-0.2, -0.15) is 0 Å². The van der Waals surface area contributed by atoms with Crippen molar-refractivity contribution in [2.45, 2.75) is 0 Å². The molecular formula is C12H9BrN2O5. The van der Waals surface area contributed by atoms with Gasteiger partial charge in [0, 0.05) is 6.07 Å². The van der Waals surface area contributed by atoms with Crippen molar-refractivity contribution < 1.29 is 18.9 Å². The minimum Gasteiger partial charge on any atom is -0.494 e. The molecule has 0 spiro atoms. The number of amides is 1. The fourth-order valence-electron chi connectivity index (χ4n) is 1.54. The van der Waals surface area contributed by atoms with Crippen LogP contribution in [-0.4, -0.2) is 17.9 Å². The van der Waals surface area contributed by atoms with Crippen LogP contribution in [-0.2, 0) is 0 Å². The molecule has 2 rings (SSSR count). The van der Waals surface area contributed by atoms with Gasteiger partial charge in [-0.3, -0.25) is 14.9 Å². The second-order valence-corrected chi connectivity index (χ2v) is 4.42. The van der Waals surface area contributed by atoms with Crippen molar-refractivity contribution in [2.75, 3.05) is 12.4 Å². The number of halogens is 1. The van der Waals surface area contributed by atoms with Crippen molar-refractivity contribution >= 4 is 33.2 Å². The zero-order valence-electron chi connectivity index (χ0n) is 10.3. The van der Waals surface area contributed by atoms with Gasteiger partial charge in [-0.1, -0.05) is 0 Å². The Morgan fingerprint density at radius 3 is 2.75 bits per heavy atom. The van der Waals surface area contributed by atoms with Crippen LogP contribution >= 0.6 is 15.9 Å². The second kappa shape index (κ2) is 5.74. The predicted molar refractivity (Wildman–Crippen MR) is 74.0 cm³/mol. The number of nitro groups is 1. The number of methoxy groups -OCH3 is 1. The molecule has 104 valence electrons. The summed E-state index contributed by atoms with van der Waals surface area (Å²) < 4.78 is 10.3. The quantitative estimate of drug-likeness (QED) is 0.681. The Bertz CT molecular complexity index is 668. The number of ether oxygens (including phenoxy) is 1. The summed E-state index contributed by atoms with van der Waals surface area (Å²) in [4.78, 5) is 22.1. The third-order valence-electron chi connectivity index (χ3n) is 2.51. The second-order valence-electron chi connectivity index (χ2n) is 3.70. The van der Waals surface area contributed by atoms with Gasteiger partial charge in [0.2, 0.25) is 0 Å². The number of carbonyl (C=O) groups excluding carboxylic acids is 1. The molecule has 8 heteroatoms. The average Bonchev–Trinajstić information content (AvgIpc) is 2.85. The Kier molecular flexibility index (Phi) is 4.04. The summed E-state index contributed by atoms with van der Waals surface area (Å²) in [5, 5.41) is 13.3. The van der Waals surface area contributed by atoms with E-state index in [4.69, 9.17) is 9.15 Å². The number of furan rings is 1. The molecule has 1 N–H and O–H groups in total. The van der Waals surface area contributed by atoms with Crippen LogP contribution in [0.15, 0.2) is 39.6 Å². The van der Waals surface area contributed by atoms with E-state index in [2.05, 4.69) is 21.2 Å². The molecule has 7 nitrogen and oxygen atoms in total. The van der Waals surface area contributed by atoms with Crippen molar-refractivity contribution in [1.29, 1.82) is 0 Å².